The number of ether oxygens (including phenoxy) is 1. The van der Waals surface area contributed by atoms with Gasteiger partial charge in [-0.25, -0.2) is 0 Å². The van der Waals surface area contributed by atoms with Crippen molar-refractivity contribution in [2.24, 2.45) is 0 Å². The summed E-state index contributed by atoms with van der Waals surface area (Å²) in [6.07, 6.45) is 1.92. The average Bonchev–Trinajstić information content (AvgIpc) is 2.42. The number of rotatable bonds is 4. The van der Waals surface area contributed by atoms with Crippen molar-refractivity contribution in [2.75, 3.05) is 7.11 Å². The average molecular weight is 306 g/mol. The van der Waals surface area contributed by atoms with Gasteiger partial charge in [-0.2, -0.15) is 0 Å². The van der Waals surface area contributed by atoms with Crippen LogP contribution >= 0.6 is 15.9 Å². The molecule has 0 unspecified atom stereocenters. The van der Waals surface area contributed by atoms with Gasteiger partial charge in [0.25, 0.3) is 0 Å². The van der Waals surface area contributed by atoms with Crippen LogP contribution in [0, 0.1) is 0 Å². The van der Waals surface area contributed by atoms with Gasteiger partial charge < -0.3 is 4.74 Å². The maximum atomic E-state index is 12.0. The molecule has 18 heavy (non-hydrogen) atoms. The number of carbonyl (C=O) groups is 1. The highest BCUT2D eigenvalue weighted by atomic mass is 79.9. The number of halogens is 1. The largest absolute Gasteiger partial charge is 0.497 e. The monoisotopic (exact) mass is 305 g/mol. The SMILES string of the molecule is COc1ccc(Br)c(CC(=O)c2ccccn2)c1. The summed E-state index contributed by atoms with van der Waals surface area (Å²) in [5.74, 6) is 0.728. The van der Waals surface area contributed by atoms with E-state index in [-0.39, 0.29) is 5.78 Å². The quantitative estimate of drug-likeness (QED) is 0.814. The Kier molecular flexibility index (Phi) is 4.10. The van der Waals surface area contributed by atoms with Crippen LogP contribution in [0.25, 0.3) is 0 Å². The van der Waals surface area contributed by atoms with Crippen LogP contribution in [0.2, 0.25) is 0 Å². The third-order valence-electron chi connectivity index (χ3n) is 2.55. The molecular weight excluding hydrogens is 294 g/mol. The summed E-state index contributed by atoms with van der Waals surface area (Å²) in [7, 11) is 1.60. The molecule has 0 aliphatic rings. The van der Waals surface area contributed by atoms with E-state index in [1.54, 1.807) is 31.5 Å². The van der Waals surface area contributed by atoms with Gasteiger partial charge in [-0.3, -0.25) is 9.78 Å². The Morgan fingerprint density at radius 3 is 2.83 bits per heavy atom. The van der Waals surface area contributed by atoms with Crippen LogP contribution < -0.4 is 4.74 Å². The molecule has 2 rings (SSSR count). The first-order valence-corrected chi connectivity index (χ1v) is 6.26. The van der Waals surface area contributed by atoms with Crippen LogP contribution in [0.4, 0.5) is 0 Å². The third-order valence-corrected chi connectivity index (χ3v) is 3.33. The van der Waals surface area contributed by atoms with E-state index in [4.69, 9.17) is 4.74 Å². The van der Waals surface area contributed by atoms with E-state index in [0.717, 1.165) is 15.8 Å². The van der Waals surface area contributed by atoms with Crippen LogP contribution in [0.5, 0.6) is 5.75 Å². The minimum Gasteiger partial charge on any atom is -0.497 e. The second-order valence-electron chi connectivity index (χ2n) is 3.77. The molecular formula is C14H12BrNO2. The summed E-state index contributed by atoms with van der Waals surface area (Å²) in [6, 6.07) is 10.9. The number of pyridine rings is 1. The number of methoxy groups -OCH3 is 1. The van der Waals surface area contributed by atoms with Gasteiger partial charge in [0.1, 0.15) is 11.4 Å². The maximum Gasteiger partial charge on any atom is 0.185 e. The molecule has 2 aromatic rings. The smallest absolute Gasteiger partial charge is 0.185 e. The first kappa shape index (κ1) is 12.8. The van der Waals surface area contributed by atoms with E-state index in [9.17, 15) is 4.79 Å². The van der Waals surface area contributed by atoms with Crippen LogP contribution in [-0.2, 0) is 6.42 Å². The maximum absolute atomic E-state index is 12.0. The van der Waals surface area contributed by atoms with Crippen molar-refractivity contribution < 1.29 is 9.53 Å². The standard InChI is InChI=1S/C14H12BrNO2/c1-18-11-5-6-12(15)10(8-11)9-14(17)13-4-2-3-7-16-13/h2-8H,9H2,1H3. The van der Waals surface area contributed by atoms with Gasteiger partial charge in [0.15, 0.2) is 5.78 Å². The third kappa shape index (κ3) is 2.96. The van der Waals surface area contributed by atoms with Crippen molar-refractivity contribution >= 4 is 21.7 Å². The van der Waals surface area contributed by atoms with Crippen LogP contribution in [0.1, 0.15) is 16.1 Å². The van der Waals surface area contributed by atoms with Crippen molar-refractivity contribution in [3.8, 4) is 5.75 Å². The number of hydrogen-bond acceptors (Lipinski definition) is 3. The van der Waals surface area contributed by atoms with Gasteiger partial charge in [-0.15, -0.1) is 0 Å². The minimum absolute atomic E-state index is 0.00967. The van der Waals surface area contributed by atoms with Crippen molar-refractivity contribution in [2.45, 2.75) is 6.42 Å². The Morgan fingerprint density at radius 1 is 1.33 bits per heavy atom. The molecule has 1 aromatic carbocycles. The number of ketones is 1. The van der Waals surface area contributed by atoms with Gasteiger partial charge in [-0.05, 0) is 35.9 Å². The van der Waals surface area contributed by atoms with E-state index in [1.165, 1.54) is 0 Å². The topological polar surface area (TPSA) is 39.2 Å². The highest BCUT2D eigenvalue weighted by Crippen LogP contribution is 2.23. The molecule has 0 N–H and O–H groups in total. The lowest BCUT2D eigenvalue weighted by atomic mass is 10.1. The number of benzene rings is 1. The lowest BCUT2D eigenvalue weighted by molar-refractivity contribution is 0.0988. The molecule has 4 heteroatoms. The Hall–Kier alpha value is -1.68. The molecule has 0 aliphatic carbocycles. The number of hydrogen-bond donors (Lipinski definition) is 0. The molecule has 0 saturated heterocycles. The zero-order valence-corrected chi connectivity index (χ0v) is 11.5. The van der Waals surface area contributed by atoms with Crippen molar-refractivity contribution in [3.05, 3.63) is 58.3 Å². The molecule has 0 spiro atoms. The number of Topliss-reactive ketones (excluding diaryl/α,β-unsaturated/α-hetero) is 1. The fraction of sp³-hybridized carbons (Fsp3) is 0.143. The Labute approximate surface area is 114 Å². The van der Waals surface area contributed by atoms with Crippen LogP contribution in [0.15, 0.2) is 47.1 Å². The molecule has 0 radical (unpaired) electrons. The second-order valence-corrected chi connectivity index (χ2v) is 4.63. The van der Waals surface area contributed by atoms with Gasteiger partial charge in [0.05, 0.1) is 7.11 Å². The summed E-state index contributed by atoms with van der Waals surface area (Å²) in [5.41, 5.74) is 1.37. The fourth-order valence-electron chi connectivity index (χ4n) is 1.60. The summed E-state index contributed by atoms with van der Waals surface area (Å²) in [6.45, 7) is 0. The van der Waals surface area contributed by atoms with Gasteiger partial charge in [0.2, 0.25) is 0 Å². The molecule has 1 heterocycles. The molecule has 1 aromatic heterocycles. The van der Waals surface area contributed by atoms with Crippen LogP contribution in [-0.4, -0.2) is 17.9 Å². The lowest BCUT2D eigenvalue weighted by Gasteiger charge is -2.06. The molecule has 0 aliphatic heterocycles. The number of carbonyl (C=O) groups excluding carboxylic acids is 1. The van der Waals surface area contributed by atoms with Crippen molar-refractivity contribution in [1.29, 1.82) is 0 Å². The molecule has 0 atom stereocenters. The van der Waals surface area contributed by atoms with Crippen LogP contribution in [0.3, 0.4) is 0 Å². The summed E-state index contributed by atoms with van der Waals surface area (Å²) < 4.78 is 6.05. The Morgan fingerprint density at radius 2 is 2.17 bits per heavy atom. The normalized spacial score (nSPS) is 10.1. The number of aromatic nitrogens is 1. The summed E-state index contributed by atoms with van der Waals surface area (Å²) in [5, 5.41) is 0. The summed E-state index contributed by atoms with van der Waals surface area (Å²) in [4.78, 5) is 16.1. The Balaban J connectivity index is 2.21. The number of nitrogens with zero attached hydrogens (tertiary/aromatic N) is 1. The molecule has 3 nitrogen and oxygen atoms in total. The molecule has 0 bridgehead atoms. The molecule has 92 valence electrons. The van der Waals surface area contributed by atoms with E-state index in [0.29, 0.717) is 12.1 Å². The van der Waals surface area contributed by atoms with Crippen molar-refractivity contribution in [1.82, 2.24) is 4.98 Å². The first-order chi connectivity index (χ1) is 8.70. The lowest BCUT2D eigenvalue weighted by Crippen LogP contribution is -2.06. The summed E-state index contributed by atoms with van der Waals surface area (Å²) >= 11 is 3.43. The predicted octanol–water partition coefficient (Wildman–Crippen LogP) is 3.28. The fourth-order valence-corrected chi connectivity index (χ4v) is 1.99. The van der Waals surface area contributed by atoms with Gasteiger partial charge >= 0.3 is 0 Å². The second kappa shape index (κ2) is 5.78. The minimum atomic E-state index is -0.00967. The zero-order chi connectivity index (χ0) is 13.0. The highest BCUT2D eigenvalue weighted by Gasteiger charge is 2.11. The molecule has 0 saturated carbocycles. The molecule has 0 fully saturated rings. The highest BCUT2D eigenvalue weighted by molar-refractivity contribution is 9.10. The van der Waals surface area contributed by atoms with Gasteiger partial charge in [0, 0.05) is 17.1 Å². The molecule has 0 amide bonds. The predicted molar refractivity (Wildman–Crippen MR) is 73.0 cm³/mol. The van der Waals surface area contributed by atoms with Crippen molar-refractivity contribution in [3.63, 3.8) is 0 Å². The van der Waals surface area contributed by atoms with Gasteiger partial charge in [-0.1, -0.05) is 22.0 Å². The first-order valence-electron chi connectivity index (χ1n) is 5.47. The van der Waals surface area contributed by atoms with E-state index in [1.807, 2.05) is 18.2 Å². The van der Waals surface area contributed by atoms with E-state index in [2.05, 4.69) is 20.9 Å². The zero-order valence-electron chi connectivity index (χ0n) is 9.89. The Bertz CT molecular complexity index is 555. The van der Waals surface area contributed by atoms with E-state index >= 15 is 0 Å². The van der Waals surface area contributed by atoms with E-state index < -0.39 is 0 Å².